The van der Waals surface area contributed by atoms with Crippen molar-refractivity contribution in [1.82, 2.24) is 9.55 Å². The molecule has 3 aromatic rings. The highest BCUT2D eigenvalue weighted by Crippen LogP contribution is 2.32. The van der Waals surface area contributed by atoms with Crippen molar-refractivity contribution in [3.8, 4) is 0 Å². The maximum atomic E-state index is 12.7. The molecule has 1 aliphatic rings. The van der Waals surface area contributed by atoms with Crippen LogP contribution in [0.2, 0.25) is 0 Å². The minimum atomic E-state index is 0.117. The summed E-state index contributed by atoms with van der Waals surface area (Å²) >= 11 is 3.33. The lowest BCUT2D eigenvalue weighted by Gasteiger charge is -2.03. The van der Waals surface area contributed by atoms with Gasteiger partial charge in [-0.05, 0) is 48.9 Å². The highest BCUT2D eigenvalue weighted by molar-refractivity contribution is 7.18. The minimum absolute atomic E-state index is 0.117. The third kappa shape index (κ3) is 1.92. The monoisotopic (exact) mass is 314 g/mol. The fraction of sp³-hybridized carbons (Fsp3) is 0.250. The van der Waals surface area contributed by atoms with Gasteiger partial charge < -0.3 is 0 Å². The van der Waals surface area contributed by atoms with E-state index < -0.39 is 0 Å². The largest absolute Gasteiger partial charge is 0.292 e. The van der Waals surface area contributed by atoms with Crippen LogP contribution < -0.4 is 5.56 Å². The molecular formula is C16H14N2OS2. The van der Waals surface area contributed by atoms with Crippen LogP contribution in [0.15, 0.2) is 22.3 Å². The van der Waals surface area contributed by atoms with E-state index in [1.165, 1.54) is 15.3 Å². The van der Waals surface area contributed by atoms with Gasteiger partial charge in [-0.15, -0.1) is 22.7 Å². The van der Waals surface area contributed by atoms with Crippen molar-refractivity contribution < 1.29 is 0 Å². The van der Waals surface area contributed by atoms with Crippen LogP contribution in [0.4, 0.5) is 0 Å². The molecule has 3 aromatic heterocycles. The molecule has 0 spiro atoms. The van der Waals surface area contributed by atoms with E-state index in [1.807, 2.05) is 17.6 Å². The smallest absolute Gasteiger partial charge is 0.262 e. The van der Waals surface area contributed by atoms with E-state index in [0.29, 0.717) is 0 Å². The van der Waals surface area contributed by atoms with Gasteiger partial charge in [-0.3, -0.25) is 9.36 Å². The van der Waals surface area contributed by atoms with Gasteiger partial charge >= 0.3 is 0 Å². The summed E-state index contributed by atoms with van der Waals surface area (Å²) in [6.45, 7) is 4.81. The van der Waals surface area contributed by atoms with Crippen molar-refractivity contribution in [1.29, 1.82) is 0 Å². The summed E-state index contributed by atoms with van der Waals surface area (Å²) in [5.74, 6) is 0.849. The van der Waals surface area contributed by atoms with Crippen LogP contribution in [0, 0.1) is 13.8 Å². The lowest BCUT2D eigenvalue weighted by atomic mass is 10.2. The number of rotatable bonds is 1. The third-order valence-electron chi connectivity index (χ3n) is 4.04. The molecule has 3 nitrogen and oxygen atoms in total. The second-order valence-corrected chi connectivity index (χ2v) is 7.47. The zero-order valence-electron chi connectivity index (χ0n) is 11.8. The van der Waals surface area contributed by atoms with Crippen LogP contribution in [-0.4, -0.2) is 9.55 Å². The second kappa shape index (κ2) is 4.64. The summed E-state index contributed by atoms with van der Waals surface area (Å²) in [5, 5.41) is 2.87. The Balaban J connectivity index is 1.98. The summed E-state index contributed by atoms with van der Waals surface area (Å²) in [7, 11) is 0. The average molecular weight is 314 g/mol. The summed E-state index contributed by atoms with van der Waals surface area (Å²) in [5.41, 5.74) is 2.37. The molecule has 0 atom stereocenters. The summed E-state index contributed by atoms with van der Waals surface area (Å²) in [4.78, 5) is 20.8. The van der Waals surface area contributed by atoms with Crippen molar-refractivity contribution in [2.45, 2.75) is 26.8 Å². The van der Waals surface area contributed by atoms with Gasteiger partial charge in [0, 0.05) is 16.3 Å². The zero-order chi connectivity index (χ0) is 14.6. The Labute approximate surface area is 130 Å². The summed E-state index contributed by atoms with van der Waals surface area (Å²) in [6, 6.07) is 4.14. The Bertz CT molecular complexity index is 929. The predicted molar refractivity (Wildman–Crippen MR) is 90.2 cm³/mol. The van der Waals surface area contributed by atoms with Crippen LogP contribution in [0.3, 0.4) is 0 Å². The minimum Gasteiger partial charge on any atom is -0.292 e. The van der Waals surface area contributed by atoms with E-state index in [-0.39, 0.29) is 5.56 Å². The SMILES string of the molecule is Cc1sc2nc3n(c(=O)c2c1C)CC/C3=C/c1cccs1. The first kappa shape index (κ1) is 13.0. The first-order valence-electron chi connectivity index (χ1n) is 6.90. The molecule has 4 rings (SSSR count). The van der Waals surface area contributed by atoms with Crippen molar-refractivity contribution in [3.05, 3.63) is 49.0 Å². The van der Waals surface area contributed by atoms with Crippen LogP contribution >= 0.6 is 22.7 Å². The number of nitrogens with zero attached hydrogens (tertiary/aromatic N) is 2. The molecule has 4 heterocycles. The molecule has 0 saturated heterocycles. The highest BCUT2D eigenvalue weighted by Gasteiger charge is 2.23. The van der Waals surface area contributed by atoms with Gasteiger partial charge in [0.25, 0.3) is 5.56 Å². The Morgan fingerprint density at radius 3 is 3.00 bits per heavy atom. The first-order valence-corrected chi connectivity index (χ1v) is 8.60. The predicted octanol–water partition coefficient (Wildman–Crippen LogP) is 4.08. The molecule has 0 unspecified atom stereocenters. The van der Waals surface area contributed by atoms with E-state index in [4.69, 9.17) is 4.98 Å². The van der Waals surface area contributed by atoms with E-state index in [0.717, 1.165) is 34.6 Å². The van der Waals surface area contributed by atoms with E-state index in [2.05, 4.69) is 24.4 Å². The molecule has 0 amide bonds. The van der Waals surface area contributed by atoms with E-state index >= 15 is 0 Å². The Hall–Kier alpha value is -1.72. The van der Waals surface area contributed by atoms with Crippen LogP contribution in [0.1, 0.15) is 27.6 Å². The number of aryl methyl sites for hydroxylation is 2. The summed E-state index contributed by atoms with van der Waals surface area (Å²) < 4.78 is 1.83. The van der Waals surface area contributed by atoms with Crippen molar-refractivity contribution in [2.75, 3.05) is 0 Å². The highest BCUT2D eigenvalue weighted by atomic mass is 32.1. The Kier molecular flexibility index (Phi) is 2.87. The molecular weight excluding hydrogens is 300 g/mol. The van der Waals surface area contributed by atoms with Crippen molar-refractivity contribution >= 4 is 44.5 Å². The topological polar surface area (TPSA) is 34.9 Å². The normalized spacial score (nSPS) is 16.0. The molecule has 0 fully saturated rings. The molecule has 0 aromatic carbocycles. The fourth-order valence-corrected chi connectivity index (χ4v) is 4.51. The quantitative estimate of drug-likeness (QED) is 0.678. The van der Waals surface area contributed by atoms with Gasteiger partial charge in [0.15, 0.2) is 0 Å². The Morgan fingerprint density at radius 1 is 1.38 bits per heavy atom. The second-order valence-electron chi connectivity index (χ2n) is 5.29. The molecule has 0 bridgehead atoms. The number of fused-ring (bicyclic) bond motifs is 2. The first-order chi connectivity index (χ1) is 10.1. The van der Waals surface area contributed by atoms with Crippen LogP contribution in [0.25, 0.3) is 21.9 Å². The molecule has 5 heteroatoms. The molecule has 21 heavy (non-hydrogen) atoms. The number of allylic oxidation sites excluding steroid dienone is 1. The van der Waals surface area contributed by atoms with E-state index in [9.17, 15) is 4.79 Å². The maximum Gasteiger partial charge on any atom is 0.262 e. The average Bonchev–Trinajstić information content (AvgIpc) is 3.14. The van der Waals surface area contributed by atoms with Crippen LogP contribution in [-0.2, 0) is 6.54 Å². The van der Waals surface area contributed by atoms with Crippen molar-refractivity contribution in [2.24, 2.45) is 0 Å². The molecule has 0 saturated carbocycles. The molecule has 1 aliphatic heterocycles. The zero-order valence-corrected chi connectivity index (χ0v) is 13.5. The van der Waals surface area contributed by atoms with E-state index in [1.54, 1.807) is 22.7 Å². The standard InChI is InChI=1S/C16H14N2OS2/c1-9-10(2)21-15-13(9)16(19)18-6-5-11(14(18)17-15)8-12-4-3-7-20-12/h3-4,7-8H,5-6H2,1-2H3/b11-8-. The van der Waals surface area contributed by atoms with Gasteiger partial charge in [0.1, 0.15) is 10.7 Å². The van der Waals surface area contributed by atoms with Gasteiger partial charge in [-0.2, -0.15) is 0 Å². The molecule has 106 valence electrons. The molecule has 0 N–H and O–H groups in total. The number of hydrogen-bond donors (Lipinski definition) is 0. The van der Waals surface area contributed by atoms with Gasteiger partial charge in [0.2, 0.25) is 0 Å². The number of aromatic nitrogens is 2. The fourth-order valence-electron chi connectivity index (χ4n) is 2.81. The molecule has 0 radical (unpaired) electrons. The number of thiophene rings is 2. The number of hydrogen-bond acceptors (Lipinski definition) is 4. The maximum absolute atomic E-state index is 12.7. The third-order valence-corrected chi connectivity index (χ3v) is 5.96. The van der Waals surface area contributed by atoms with Gasteiger partial charge in [-0.1, -0.05) is 6.07 Å². The lowest BCUT2D eigenvalue weighted by Crippen LogP contribution is -2.20. The van der Waals surface area contributed by atoms with Crippen molar-refractivity contribution in [3.63, 3.8) is 0 Å². The summed E-state index contributed by atoms with van der Waals surface area (Å²) in [6.07, 6.45) is 3.05. The Morgan fingerprint density at radius 2 is 2.24 bits per heavy atom. The van der Waals surface area contributed by atoms with Gasteiger partial charge in [0.05, 0.1) is 5.39 Å². The van der Waals surface area contributed by atoms with Gasteiger partial charge in [-0.25, -0.2) is 4.98 Å². The lowest BCUT2D eigenvalue weighted by molar-refractivity contribution is 0.726. The molecule has 0 aliphatic carbocycles. The van der Waals surface area contributed by atoms with Crippen LogP contribution in [0.5, 0.6) is 0 Å².